The maximum absolute atomic E-state index is 12.1. The number of furan rings is 1. The van der Waals surface area contributed by atoms with Crippen LogP contribution in [0.3, 0.4) is 0 Å². The summed E-state index contributed by atoms with van der Waals surface area (Å²) in [5.74, 6) is 1.02. The number of nitrogens with one attached hydrogen (secondary N) is 1. The number of rotatable bonds is 7. The molecule has 6 nitrogen and oxygen atoms in total. The zero-order valence-corrected chi connectivity index (χ0v) is 15.5. The fraction of sp³-hybridized carbons (Fsp3) is 0.389. The van der Waals surface area contributed by atoms with Crippen LogP contribution in [-0.2, 0) is 17.8 Å². The van der Waals surface area contributed by atoms with Gasteiger partial charge in [-0.15, -0.1) is 11.3 Å². The van der Waals surface area contributed by atoms with E-state index in [-0.39, 0.29) is 12.3 Å². The lowest BCUT2D eigenvalue weighted by atomic mass is 10.1. The Morgan fingerprint density at radius 3 is 2.96 bits per heavy atom. The first kappa shape index (κ1) is 17.4. The Morgan fingerprint density at radius 2 is 2.28 bits per heavy atom. The molecule has 25 heavy (non-hydrogen) atoms. The van der Waals surface area contributed by atoms with E-state index in [1.165, 1.54) is 11.3 Å². The quantitative estimate of drug-likeness (QED) is 0.704. The maximum atomic E-state index is 12.1. The minimum Gasteiger partial charge on any atom is -0.462 e. The van der Waals surface area contributed by atoms with Gasteiger partial charge in [-0.05, 0) is 38.0 Å². The molecule has 3 aromatic rings. The Hall–Kier alpha value is -2.41. The van der Waals surface area contributed by atoms with Gasteiger partial charge in [0.2, 0.25) is 5.91 Å². The Balaban J connectivity index is 1.47. The number of hydrogen-bond donors (Lipinski definition) is 1. The lowest BCUT2D eigenvalue weighted by molar-refractivity contribution is -0.120. The third-order valence-electron chi connectivity index (χ3n) is 3.86. The molecule has 1 amide bonds. The van der Waals surface area contributed by atoms with Gasteiger partial charge in [0.05, 0.1) is 24.1 Å². The molecule has 0 spiro atoms. The molecule has 0 saturated heterocycles. The first-order valence-corrected chi connectivity index (χ1v) is 9.15. The predicted octanol–water partition coefficient (Wildman–Crippen LogP) is 3.21. The molecule has 0 saturated carbocycles. The Labute approximate surface area is 150 Å². The van der Waals surface area contributed by atoms with Crippen LogP contribution in [0.4, 0.5) is 0 Å². The molecule has 0 unspecified atom stereocenters. The molecule has 0 aliphatic rings. The van der Waals surface area contributed by atoms with Crippen LogP contribution in [0.2, 0.25) is 0 Å². The van der Waals surface area contributed by atoms with Crippen LogP contribution in [0, 0.1) is 19.8 Å². The van der Waals surface area contributed by atoms with Crippen molar-refractivity contribution in [2.24, 2.45) is 5.92 Å². The van der Waals surface area contributed by atoms with Crippen molar-refractivity contribution in [3.8, 4) is 10.8 Å². The fourth-order valence-electron chi connectivity index (χ4n) is 2.64. The van der Waals surface area contributed by atoms with E-state index < -0.39 is 0 Å². The van der Waals surface area contributed by atoms with E-state index in [9.17, 15) is 4.79 Å². The van der Waals surface area contributed by atoms with E-state index in [2.05, 4.69) is 28.4 Å². The number of aryl methyl sites for hydroxylation is 2. The monoisotopic (exact) mass is 358 g/mol. The zero-order valence-electron chi connectivity index (χ0n) is 14.7. The van der Waals surface area contributed by atoms with E-state index in [0.29, 0.717) is 12.5 Å². The standard InChI is InChI=1S/C18H22N4O2S/c1-12(10-22-14(3)7-13(2)21-22)9-19-17(23)8-15-11-25-18(20-15)16-5-4-6-24-16/h4-7,11-12H,8-10H2,1-3H3,(H,19,23)/t12-/m0/s1. The number of carbonyl (C=O) groups excluding carboxylic acids is 1. The van der Waals surface area contributed by atoms with Crippen molar-refractivity contribution < 1.29 is 9.21 Å². The van der Waals surface area contributed by atoms with E-state index in [1.807, 2.05) is 36.0 Å². The lowest BCUT2D eigenvalue weighted by Gasteiger charge is -2.13. The van der Waals surface area contributed by atoms with E-state index in [1.54, 1.807) is 6.26 Å². The van der Waals surface area contributed by atoms with Crippen LogP contribution in [0.25, 0.3) is 10.8 Å². The van der Waals surface area contributed by atoms with Gasteiger partial charge in [0.25, 0.3) is 0 Å². The number of amides is 1. The van der Waals surface area contributed by atoms with E-state index in [0.717, 1.165) is 34.4 Å². The van der Waals surface area contributed by atoms with E-state index in [4.69, 9.17) is 4.42 Å². The van der Waals surface area contributed by atoms with Crippen molar-refractivity contribution in [3.63, 3.8) is 0 Å². The summed E-state index contributed by atoms with van der Waals surface area (Å²) in [5, 5.41) is 10.1. The van der Waals surface area contributed by atoms with Crippen molar-refractivity contribution in [1.82, 2.24) is 20.1 Å². The van der Waals surface area contributed by atoms with Crippen molar-refractivity contribution in [1.29, 1.82) is 0 Å². The van der Waals surface area contributed by atoms with Crippen molar-refractivity contribution >= 4 is 17.2 Å². The van der Waals surface area contributed by atoms with Gasteiger partial charge in [0.1, 0.15) is 0 Å². The predicted molar refractivity (Wildman–Crippen MR) is 97.4 cm³/mol. The average molecular weight is 358 g/mol. The molecule has 7 heteroatoms. The minimum absolute atomic E-state index is 0.0171. The molecule has 0 aliphatic heterocycles. The highest BCUT2D eigenvalue weighted by atomic mass is 32.1. The SMILES string of the molecule is Cc1cc(C)n(C[C@@H](C)CNC(=O)Cc2csc(-c3ccco3)n2)n1. The molecule has 1 N–H and O–H groups in total. The van der Waals surface area contributed by atoms with Crippen LogP contribution in [-0.4, -0.2) is 27.2 Å². The summed E-state index contributed by atoms with van der Waals surface area (Å²) in [6.45, 7) is 7.55. The summed E-state index contributed by atoms with van der Waals surface area (Å²) < 4.78 is 7.31. The second-order valence-corrected chi connectivity index (χ2v) is 7.17. The van der Waals surface area contributed by atoms with Gasteiger partial charge >= 0.3 is 0 Å². The van der Waals surface area contributed by atoms with Gasteiger partial charge < -0.3 is 9.73 Å². The van der Waals surface area contributed by atoms with Crippen LogP contribution in [0.5, 0.6) is 0 Å². The molecule has 1 atom stereocenters. The largest absolute Gasteiger partial charge is 0.462 e. The van der Waals surface area contributed by atoms with E-state index >= 15 is 0 Å². The molecule has 132 valence electrons. The highest BCUT2D eigenvalue weighted by Gasteiger charge is 2.12. The summed E-state index contributed by atoms with van der Waals surface area (Å²) >= 11 is 1.48. The van der Waals surface area contributed by atoms with Gasteiger partial charge in [0, 0.05) is 24.2 Å². The molecule has 3 rings (SSSR count). The summed E-state index contributed by atoms with van der Waals surface area (Å²) in [5.41, 5.74) is 2.92. The highest BCUT2D eigenvalue weighted by Crippen LogP contribution is 2.24. The van der Waals surface area contributed by atoms with Gasteiger partial charge in [0.15, 0.2) is 10.8 Å². The normalized spacial score (nSPS) is 12.3. The van der Waals surface area contributed by atoms with Crippen molar-refractivity contribution in [2.45, 2.75) is 33.7 Å². The second-order valence-electron chi connectivity index (χ2n) is 6.32. The first-order chi connectivity index (χ1) is 12.0. The Morgan fingerprint density at radius 1 is 1.44 bits per heavy atom. The smallest absolute Gasteiger partial charge is 0.226 e. The number of thiazole rings is 1. The molecule has 0 aliphatic carbocycles. The third-order valence-corrected chi connectivity index (χ3v) is 4.77. The molecular formula is C18H22N4O2S. The molecule has 0 fully saturated rings. The minimum atomic E-state index is -0.0171. The van der Waals surface area contributed by atoms with Crippen molar-refractivity contribution in [2.75, 3.05) is 6.54 Å². The average Bonchev–Trinajstić information content (AvgIpc) is 3.27. The van der Waals surface area contributed by atoms with Crippen LogP contribution in [0.15, 0.2) is 34.3 Å². The number of carbonyl (C=O) groups is 1. The lowest BCUT2D eigenvalue weighted by Crippen LogP contribution is -2.31. The summed E-state index contributed by atoms with van der Waals surface area (Å²) in [6, 6.07) is 5.75. The van der Waals surface area contributed by atoms with Crippen molar-refractivity contribution in [3.05, 3.63) is 46.9 Å². The maximum Gasteiger partial charge on any atom is 0.226 e. The van der Waals surface area contributed by atoms with Crippen LogP contribution >= 0.6 is 11.3 Å². The summed E-state index contributed by atoms with van der Waals surface area (Å²) in [7, 11) is 0. The third kappa shape index (κ3) is 4.57. The first-order valence-electron chi connectivity index (χ1n) is 8.27. The summed E-state index contributed by atoms with van der Waals surface area (Å²) in [6.07, 6.45) is 1.90. The number of hydrogen-bond acceptors (Lipinski definition) is 5. The fourth-order valence-corrected chi connectivity index (χ4v) is 3.42. The Bertz CT molecular complexity index is 835. The Kier molecular flexibility index (Phi) is 5.33. The molecule has 0 radical (unpaired) electrons. The molecule has 0 aromatic carbocycles. The van der Waals surface area contributed by atoms with Gasteiger partial charge in [-0.2, -0.15) is 5.10 Å². The zero-order chi connectivity index (χ0) is 17.8. The topological polar surface area (TPSA) is 73.0 Å². The van der Waals surface area contributed by atoms with Gasteiger partial charge in [-0.25, -0.2) is 4.98 Å². The molecule has 3 aromatic heterocycles. The van der Waals surface area contributed by atoms with Gasteiger partial charge in [-0.1, -0.05) is 6.92 Å². The highest BCUT2D eigenvalue weighted by molar-refractivity contribution is 7.13. The van der Waals surface area contributed by atoms with Crippen LogP contribution < -0.4 is 5.32 Å². The number of aromatic nitrogens is 3. The molecule has 0 bridgehead atoms. The second kappa shape index (κ2) is 7.65. The molecular weight excluding hydrogens is 336 g/mol. The van der Waals surface area contributed by atoms with Crippen LogP contribution in [0.1, 0.15) is 24.0 Å². The summed E-state index contributed by atoms with van der Waals surface area (Å²) in [4.78, 5) is 16.6. The molecule has 3 heterocycles. The number of nitrogens with zero attached hydrogens (tertiary/aromatic N) is 3. The van der Waals surface area contributed by atoms with Gasteiger partial charge in [-0.3, -0.25) is 9.48 Å².